The first-order valence-corrected chi connectivity index (χ1v) is 6.31. The second kappa shape index (κ2) is 5.96. The molecule has 2 aromatic rings. The van der Waals surface area contributed by atoms with Crippen molar-refractivity contribution in [2.45, 2.75) is 13.0 Å². The minimum Gasteiger partial charge on any atom is -0.381 e. The zero-order chi connectivity index (χ0) is 13.0. The lowest BCUT2D eigenvalue weighted by molar-refractivity contribution is 0.151. The maximum atomic E-state index is 12.5. The van der Waals surface area contributed by atoms with Gasteiger partial charge in [0.2, 0.25) is 0 Å². The maximum Gasteiger partial charge on any atom is 0.263 e. The highest BCUT2D eigenvalue weighted by Crippen LogP contribution is 2.20. The van der Waals surface area contributed by atoms with E-state index in [1.54, 1.807) is 6.07 Å². The van der Waals surface area contributed by atoms with Gasteiger partial charge in [-0.05, 0) is 29.8 Å². The van der Waals surface area contributed by atoms with Gasteiger partial charge in [0.05, 0.1) is 0 Å². The number of anilines is 1. The molecule has 1 nitrogen and oxygen atoms in total. The highest BCUT2D eigenvalue weighted by atomic mass is 79.9. The van der Waals surface area contributed by atoms with Gasteiger partial charge in [-0.1, -0.05) is 40.2 Å². The molecule has 1 N–H and O–H groups in total. The fraction of sp³-hybridized carbons (Fsp3) is 0.143. The number of hydrogen-bond donors (Lipinski definition) is 1. The molecule has 0 radical (unpaired) electrons. The van der Waals surface area contributed by atoms with Crippen LogP contribution in [0, 0.1) is 0 Å². The topological polar surface area (TPSA) is 12.0 Å². The van der Waals surface area contributed by atoms with Crippen LogP contribution in [0.15, 0.2) is 53.0 Å². The number of hydrogen-bond acceptors (Lipinski definition) is 1. The average Bonchev–Trinajstić information content (AvgIpc) is 2.37. The summed E-state index contributed by atoms with van der Waals surface area (Å²) in [5.74, 6) is 0. The van der Waals surface area contributed by atoms with Crippen LogP contribution in [0.2, 0.25) is 0 Å². The summed E-state index contributed by atoms with van der Waals surface area (Å²) in [6.07, 6.45) is -2.42. The Kier molecular flexibility index (Phi) is 4.31. The van der Waals surface area contributed by atoms with E-state index in [9.17, 15) is 8.78 Å². The maximum absolute atomic E-state index is 12.5. The number of nitrogens with one attached hydrogen (secondary N) is 1. The predicted molar refractivity (Wildman–Crippen MR) is 72.9 cm³/mol. The molecule has 0 aromatic heterocycles. The van der Waals surface area contributed by atoms with E-state index in [0.717, 1.165) is 15.7 Å². The van der Waals surface area contributed by atoms with Crippen molar-refractivity contribution in [1.82, 2.24) is 0 Å². The molecule has 0 aliphatic carbocycles. The summed E-state index contributed by atoms with van der Waals surface area (Å²) in [5.41, 5.74) is 1.85. The number of rotatable bonds is 4. The summed E-state index contributed by atoms with van der Waals surface area (Å²) in [6.45, 7) is 0.525. The van der Waals surface area contributed by atoms with Gasteiger partial charge in [0.15, 0.2) is 0 Å². The fourth-order valence-electron chi connectivity index (χ4n) is 1.64. The molecular weight excluding hydrogens is 300 g/mol. The zero-order valence-corrected chi connectivity index (χ0v) is 11.1. The minimum atomic E-state index is -2.42. The fourth-order valence-corrected chi connectivity index (χ4v) is 2.04. The van der Waals surface area contributed by atoms with Crippen molar-refractivity contribution in [2.75, 3.05) is 5.32 Å². The third kappa shape index (κ3) is 3.53. The summed E-state index contributed by atoms with van der Waals surface area (Å²) in [6, 6.07) is 14.2. The van der Waals surface area contributed by atoms with Crippen LogP contribution in [0.4, 0.5) is 14.5 Å². The zero-order valence-electron chi connectivity index (χ0n) is 9.54. The van der Waals surface area contributed by atoms with Gasteiger partial charge in [-0.25, -0.2) is 8.78 Å². The van der Waals surface area contributed by atoms with Crippen LogP contribution in [0.5, 0.6) is 0 Å². The van der Waals surface area contributed by atoms with Crippen molar-refractivity contribution >= 4 is 21.6 Å². The highest BCUT2D eigenvalue weighted by molar-refractivity contribution is 9.10. The van der Waals surface area contributed by atoms with Crippen LogP contribution >= 0.6 is 15.9 Å². The Labute approximate surface area is 113 Å². The number of halogens is 3. The third-order valence-electron chi connectivity index (χ3n) is 2.52. The quantitative estimate of drug-likeness (QED) is 0.838. The molecule has 0 atom stereocenters. The second-order valence-electron chi connectivity index (χ2n) is 3.91. The molecule has 0 spiro atoms. The Balaban J connectivity index is 2.04. The number of benzene rings is 2. The molecule has 0 unspecified atom stereocenters. The van der Waals surface area contributed by atoms with E-state index < -0.39 is 6.43 Å². The Morgan fingerprint density at radius 3 is 2.56 bits per heavy atom. The molecule has 0 fully saturated rings. The van der Waals surface area contributed by atoms with Crippen molar-refractivity contribution in [1.29, 1.82) is 0 Å². The van der Waals surface area contributed by atoms with Crippen molar-refractivity contribution in [3.8, 4) is 0 Å². The van der Waals surface area contributed by atoms with Crippen molar-refractivity contribution in [3.05, 3.63) is 64.1 Å². The Morgan fingerprint density at radius 1 is 1.06 bits per heavy atom. The van der Waals surface area contributed by atoms with Crippen LogP contribution < -0.4 is 5.32 Å². The van der Waals surface area contributed by atoms with Gasteiger partial charge < -0.3 is 5.32 Å². The molecule has 0 saturated heterocycles. The highest BCUT2D eigenvalue weighted by Gasteiger charge is 2.06. The largest absolute Gasteiger partial charge is 0.381 e. The molecule has 4 heteroatoms. The first-order valence-electron chi connectivity index (χ1n) is 5.51. The summed E-state index contributed by atoms with van der Waals surface area (Å²) >= 11 is 3.38. The Bertz CT molecular complexity index is 529. The molecule has 18 heavy (non-hydrogen) atoms. The van der Waals surface area contributed by atoms with Crippen LogP contribution in [0.3, 0.4) is 0 Å². The van der Waals surface area contributed by atoms with E-state index in [2.05, 4.69) is 21.2 Å². The predicted octanol–water partition coefficient (Wildman–Crippen LogP) is 5.00. The van der Waals surface area contributed by atoms with Gasteiger partial charge in [0, 0.05) is 22.3 Å². The molecule has 94 valence electrons. The van der Waals surface area contributed by atoms with Crippen LogP contribution in [-0.2, 0) is 6.54 Å². The lowest BCUT2D eigenvalue weighted by Crippen LogP contribution is -2.00. The molecule has 2 rings (SSSR count). The van der Waals surface area contributed by atoms with Gasteiger partial charge in [-0.15, -0.1) is 0 Å². The SMILES string of the molecule is FC(F)c1cccc(CNc2cccc(Br)c2)c1. The molecule has 0 aliphatic heterocycles. The summed E-state index contributed by atoms with van der Waals surface area (Å²) in [4.78, 5) is 0. The first-order chi connectivity index (χ1) is 8.65. The molecule has 0 aliphatic rings. The first kappa shape index (κ1) is 13.0. The smallest absolute Gasteiger partial charge is 0.263 e. The van der Waals surface area contributed by atoms with E-state index >= 15 is 0 Å². The van der Waals surface area contributed by atoms with E-state index in [-0.39, 0.29) is 5.56 Å². The molecule has 0 heterocycles. The second-order valence-corrected chi connectivity index (χ2v) is 4.83. The average molecular weight is 312 g/mol. The molecule has 2 aromatic carbocycles. The van der Waals surface area contributed by atoms with Crippen molar-refractivity contribution < 1.29 is 8.78 Å². The molecule has 0 saturated carbocycles. The summed E-state index contributed by atoms with van der Waals surface area (Å²) < 4.78 is 26.1. The van der Waals surface area contributed by atoms with Crippen LogP contribution in [-0.4, -0.2) is 0 Å². The molecule has 0 bridgehead atoms. The standard InChI is InChI=1S/C14H12BrF2N/c15-12-5-2-6-13(8-12)18-9-10-3-1-4-11(7-10)14(16)17/h1-8,14,18H,9H2. The Morgan fingerprint density at radius 2 is 1.83 bits per heavy atom. The van der Waals surface area contributed by atoms with Gasteiger partial charge in [-0.2, -0.15) is 0 Å². The normalized spacial score (nSPS) is 10.7. The number of alkyl halides is 2. The van der Waals surface area contributed by atoms with E-state index in [0.29, 0.717) is 6.54 Å². The van der Waals surface area contributed by atoms with E-state index in [1.165, 1.54) is 12.1 Å². The minimum absolute atomic E-state index is 0.0588. The Hall–Kier alpha value is -1.42. The lowest BCUT2D eigenvalue weighted by atomic mass is 10.1. The van der Waals surface area contributed by atoms with E-state index in [4.69, 9.17) is 0 Å². The van der Waals surface area contributed by atoms with Gasteiger partial charge in [-0.3, -0.25) is 0 Å². The summed E-state index contributed by atoms with van der Waals surface area (Å²) in [7, 11) is 0. The van der Waals surface area contributed by atoms with E-state index in [1.807, 2.05) is 30.3 Å². The van der Waals surface area contributed by atoms with Crippen molar-refractivity contribution in [2.24, 2.45) is 0 Å². The monoisotopic (exact) mass is 311 g/mol. The molecule has 0 amide bonds. The van der Waals surface area contributed by atoms with Crippen molar-refractivity contribution in [3.63, 3.8) is 0 Å². The van der Waals surface area contributed by atoms with Gasteiger partial charge >= 0.3 is 0 Å². The van der Waals surface area contributed by atoms with Crippen LogP contribution in [0.25, 0.3) is 0 Å². The molecular formula is C14H12BrF2N. The summed E-state index contributed by atoms with van der Waals surface area (Å²) in [5, 5.41) is 3.19. The van der Waals surface area contributed by atoms with Gasteiger partial charge in [0.1, 0.15) is 0 Å². The van der Waals surface area contributed by atoms with Crippen LogP contribution in [0.1, 0.15) is 17.6 Å². The third-order valence-corrected chi connectivity index (χ3v) is 3.02. The lowest BCUT2D eigenvalue weighted by Gasteiger charge is -2.08. The van der Waals surface area contributed by atoms with Gasteiger partial charge in [0.25, 0.3) is 6.43 Å².